The van der Waals surface area contributed by atoms with E-state index < -0.39 is 5.97 Å². The largest absolute Gasteiger partial charge is 0.478 e. The van der Waals surface area contributed by atoms with Crippen molar-refractivity contribution in [1.82, 2.24) is 15.0 Å². The summed E-state index contributed by atoms with van der Waals surface area (Å²) in [5.41, 5.74) is 2.05. The van der Waals surface area contributed by atoms with Gasteiger partial charge >= 0.3 is 5.97 Å². The zero-order chi connectivity index (χ0) is 14.1. The van der Waals surface area contributed by atoms with Gasteiger partial charge in [-0.1, -0.05) is 0 Å². The number of carboxylic acids is 1. The van der Waals surface area contributed by atoms with Gasteiger partial charge in [0.1, 0.15) is 5.52 Å². The van der Waals surface area contributed by atoms with Crippen molar-refractivity contribution in [1.29, 1.82) is 0 Å². The predicted octanol–water partition coefficient (Wildman–Crippen LogP) is 2.78. The van der Waals surface area contributed by atoms with Crippen LogP contribution >= 0.6 is 11.8 Å². The number of carbonyl (C=O) groups is 1. The number of hydrogen-bond donors (Lipinski definition) is 1. The summed E-state index contributed by atoms with van der Waals surface area (Å²) in [4.78, 5) is 23.5. The first-order valence-electron chi connectivity index (χ1n) is 5.73. The van der Waals surface area contributed by atoms with Crippen molar-refractivity contribution in [2.75, 3.05) is 0 Å². The Bertz CT molecular complexity index is 800. The summed E-state index contributed by atoms with van der Waals surface area (Å²) in [6.07, 6.45) is 1.66. The van der Waals surface area contributed by atoms with Gasteiger partial charge in [0.15, 0.2) is 10.7 Å². The number of carboxylic acid groups (broad SMARTS) is 1. The Labute approximate surface area is 117 Å². The molecule has 0 fully saturated rings. The molecular weight excluding hydrogens is 278 g/mol. The molecule has 1 aromatic carbocycles. The first kappa shape index (κ1) is 12.6. The molecule has 7 heteroatoms. The molecule has 0 aliphatic rings. The van der Waals surface area contributed by atoms with Gasteiger partial charge in [-0.05, 0) is 31.2 Å². The predicted molar refractivity (Wildman–Crippen MR) is 71.9 cm³/mol. The quantitative estimate of drug-likeness (QED) is 0.741. The fourth-order valence-corrected chi connectivity index (χ4v) is 2.37. The smallest absolute Gasteiger partial charge is 0.335 e. The molecule has 0 unspecified atom stereocenters. The molecule has 20 heavy (non-hydrogen) atoms. The summed E-state index contributed by atoms with van der Waals surface area (Å²) in [7, 11) is 0. The van der Waals surface area contributed by atoms with E-state index >= 15 is 0 Å². The number of aromatic carboxylic acids is 1. The van der Waals surface area contributed by atoms with Crippen LogP contribution in [0.2, 0.25) is 0 Å². The van der Waals surface area contributed by atoms with Crippen LogP contribution in [0, 0.1) is 6.92 Å². The highest BCUT2D eigenvalue weighted by molar-refractivity contribution is 7.98. The first-order chi connectivity index (χ1) is 9.61. The summed E-state index contributed by atoms with van der Waals surface area (Å²) in [6, 6.07) is 6.36. The average molecular weight is 287 g/mol. The second-order valence-corrected chi connectivity index (χ2v) is 4.97. The van der Waals surface area contributed by atoms with Gasteiger partial charge in [0.2, 0.25) is 0 Å². The molecule has 0 saturated heterocycles. The Morgan fingerprint density at radius 3 is 2.90 bits per heavy atom. The number of oxazole rings is 1. The monoisotopic (exact) mass is 287 g/mol. The van der Waals surface area contributed by atoms with Crippen LogP contribution < -0.4 is 0 Å². The molecule has 0 aliphatic carbocycles. The van der Waals surface area contributed by atoms with Crippen molar-refractivity contribution in [2.45, 2.75) is 17.3 Å². The van der Waals surface area contributed by atoms with Crippen LogP contribution in [0.25, 0.3) is 11.1 Å². The normalized spacial score (nSPS) is 10.8. The van der Waals surface area contributed by atoms with Gasteiger partial charge in [0.25, 0.3) is 5.22 Å². The lowest BCUT2D eigenvalue weighted by Gasteiger charge is -1.95. The van der Waals surface area contributed by atoms with Crippen LogP contribution in [0.5, 0.6) is 0 Å². The molecule has 0 saturated carbocycles. The maximum absolute atomic E-state index is 10.9. The maximum atomic E-state index is 10.9. The van der Waals surface area contributed by atoms with Crippen molar-refractivity contribution < 1.29 is 14.3 Å². The van der Waals surface area contributed by atoms with Gasteiger partial charge in [-0.15, -0.1) is 0 Å². The van der Waals surface area contributed by atoms with E-state index in [2.05, 4.69) is 15.0 Å². The number of rotatable bonds is 3. The molecular formula is C13H9N3O3S. The molecule has 3 aromatic rings. The third kappa shape index (κ3) is 2.48. The van der Waals surface area contributed by atoms with Crippen LogP contribution in [0.3, 0.4) is 0 Å². The SMILES string of the molecule is Cc1ccnc(Sc2nc3ccc(C(=O)O)cc3o2)n1. The van der Waals surface area contributed by atoms with Crippen LogP contribution in [0.15, 0.2) is 45.3 Å². The lowest BCUT2D eigenvalue weighted by Crippen LogP contribution is -1.94. The lowest BCUT2D eigenvalue weighted by atomic mass is 10.2. The molecule has 3 rings (SSSR count). The minimum atomic E-state index is -1.00. The highest BCUT2D eigenvalue weighted by atomic mass is 32.2. The molecule has 0 atom stereocenters. The molecule has 0 aliphatic heterocycles. The van der Waals surface area contributed by atoms with Crippen molar-refractivity contribution in [3.63, 3.8) is 0 Å². The Morgan fingerprint density at radius 2 is 2.15 bits per heavy atom. The molecule has 100 valence electrons. The van der Waals surface area contributed by atoms with E-state index in [1.54, 1.807) is 18.3 Å². The van der Waals surface area contributed by atoms with Crippen molar-refractivity contribution >= 4 is 28.8 Å². The summed E-state index contributed by atoms with van der Waals surface area (Å²) < 4.78 is 5.51. The minimum absolute atomic E-state index is 0.164. The van der Waals surface area contributed by atoms with Gasteiger partial charge in [0.05, 0.1) is 5.56 Å². The number of fused-ring (bicyclic) bond motifs is 1. The highest BCUT2D eigenvalue weighted by Gasteiger charge is 2.11. The van der Waals surface area contributed by atoms with E-state index in [1.807, 2.05) is 6.92 Å². The summed E-state index contributed by atoms with van der Waals surface area (Å²) in [5, 5.41) is 9.85. The van der Waals surface area contributed by atoms with Crippen LogP contribution in [0.1, 0.15) is 16.1 Å². The number of hydrogen-bond acceptors (Lipinski definition) is 6. The van der Waals surface area contributed by atoms with Crippen molar-refractivity contribution in [3.8, 4) is 0 Å². The van der Waals surface area contributed by atoms with Gasteiger partial charge in [0, 0.05) is 23.7 Å². The number of aryl methyl sites for hydroxylation is 1. The van der Waals surface area contributed by atoms with E-state index in [9.17, 15) is 4.79 Å². The van der Waals surface area contributed by atoms with E-state index in [0.29, 0.717) is 21.5 Å². The van der Waals surface area contributed by atoms with Crippen LogP contribution in [-0.2, 0) is 0 Å². The Morgan fingerprint density at radius 1 is 1.30 bits per heavy atom. The molecule has 6 nitrogen and oxygen atoms in total. The van der Waals surface area contributed by atoms with Crippen LogP contribution in [-0.4, -0.2) is 26.0 Å². The van der Waals surface area contributed by atoms with E-state index in [0.717, 1.165) is 5.69 Å². The summed E-state index contributed by atoms with van der Waals surface area (Å²) in [6.45, 7) is 1.87. The van der Waals surface area contributed by atoms with Crippen LogP contribution in [0.4, 0.5) is 0 Å². The van der Waals surface area contributed by atoms with Crippen molar-refractivity contribution in [3.05, 3.63) is 41.7 Å². The number of benzene rings is 1. The Kier molecular flexibility index (Phi) is 3.11. The maximum Gasteiger partial charge on any atom is 0.335 e. The zero-order valence-corrected chi connectivity index (χ0v) is 11.2. The summed E-state index contributed by atoms with van der Waals surface area (Å²) >= 11 is 1.19. The fraction of sp³-hybridized carbons (Fsp3) is 0.0769. The van der Waals surface area contributed by atoms with Gasteiger partial charge < -0.3 is 9.52 Å². The Hall–Kier alpha value is -2.41. The van der Waals surface area contributed by atoms with Crippen molar-refractivity contribution in [2.24, 2.45) is 0 Å². The fourth-order valence-electron chi connectivity index (χ4n) is 1.63. The molecule has 0 spiro atoms. The van der Waals surface area contributed by atoms with Gasteiger partial charge in [-0.25, -0.2) is 19.7 Å². The standard InChI is InChI=1S/C13H9N3O3S/c1-7-4-5-14-12(15-7)20-13-16-9-3-2-8(11(17)18)6-10(9)19-13/h2-6H,1H3,(H,17,18). The highest BCUT2D eigenvalue weighted by Crippen LogP contribution is 2.28. The number of nitrogens with zero attached hydrogens (tertiary/aromatic N) is 3. The molecule has 0 amide bonds. The molecule has 2 heterocycles. The van der Waals surface area contributed by atoms with Gasteiger partial charge in [-0.2, -0.15) is 0 Å². The summed E-state index contributed by atoms with van der Waals surface area (Å²) in [5.74, 6) is -1.00. The average Bonchev–Trinajstić information content (AvgIpc) is 2.79. The topological polar surface area (TPSA) is 89.1 Å². The second-order valence-electron chi connectivity index (χ2n) is 4.05. The minimum Gasteiger partial charge on any atom is -0.478 e. The molecule has 0 radical (unpaired) electrons. The first-order valence-corrected chi connectivity index (χ1v) is 6.55. The molecule has 1 N–H and O–H groups in total. The molecule has 0 bridgehead atoms. The van der Waals surface area contributed by atoms with Gasteiger partial charge in [-0.3, -0.25) is 0 Å². The Balaban J connectivity index is 1.95. The zero-order valence-electron chi connectivity index (χ0n) is 10.4. The third-order valence-corrected chi connectivity index (χ3v) is 3.30. The number of aromatic nitrogens is 3. The van der Waals surface area contributed by atoms with E-state index in [-0.39, 0.29) is 5.56 Å². The third-order valence-electron chi connectivity index (χ3n) is 2.57. The van der Waals surface area contributed by atoms with E-state index in [4.69, 9.17) is 9.52 Å². The van der Waals surface area contributed by atoms with E-state index in [1.165, 1.54) is 23.9 Å². The second kappa shape index (κ2) is 4.93. The lowest BCUT2D eigenvalue weighted by molar-refractivity contribution is 0.0697. The molecule has 2 aromatic heterocycles.